The molecule has 2 aromatic rings. The molecule has 1 fully saturated rings. The zero-order valence-electron chi connectivity index (χ0n) is 11.6. The monoisotopic (exact) mass is 304 g/mol. The summed E-state index contributed by atoms with van der Waals surface area (Å²) in [7, 11) is 1.57. The van der Waals surface area contributed by atoms with Gasteiger partial charge in [0.1, 0.15) is 10.8 Å². The summed E-state index contributed by atoms with van der Waals surface area (Å²) in [5.41, 5.74) is 0.532. The molecule has 6 nitrogen and oxygen atoms in total. The number of anilines is 1. The van der Waals surface area contributed by atoms with Gasteiger partial charge in [-0.05, 0) is 37.6 Å². The molecular weight excluding hydrogens is 288 g/mol. The predicted octanol–water partition coefficient (Wildman–Crippen LogP) is 2.22. The zero-order chi connectivity index (χ0) is 14.7. The molecule has 2 heterocycles. The van der Waals surface area contributed by atoms with Crippen LogP contribution >= 0.6 is 11.3 Å². The fraction of sp³-hybridized carbons (Fsp3) is 0.357. The van der Waals surface area contributed by atoms with E-state index in [9.17, 15) is 4.79 Å². The molecule has 1 aliphatic rings. The van der Waals surface area contributed by atoms with Crippen molar-refractivity contribution in [2.24, 2.45) is 0 Å². The fourth-order valence-electron chi connectivity index (χ4n) is 2.25. The van der Waals surface area contributed by atoms with Crippen LogP contribution in [0.25, 0.3) is 0 Å². The number of carbonyl (C=O) groups excluding carboxylic acids is 1. The topological polar surface area (TPSA) is 76.1 Å². The lowest BCUT2D eigenvalue weighted by molar-refractivity contribution is 0.102. The second kappa shape index (κ2) is 6.19. The first-order valence-corrected chi connectivity index (χ1v) is 7.60. The summed E-state index contributed by atoms with van der Waals surface area (Å²) in [6.45, 7) is 1.01. The molecular formula is C14H16N4O2S. The SMILES string of the molecule is COc1cccc(C(=O)Nc2nnc(C3CCCN3)s2)c1. The molecule has 1 aromatic carbocycles. The van der Waals surface area contributed by atoms with Gasteiger partial charge in [-0.25, -0.2) is 0 Å². The van der Waals surface area contributed by atoms with Crippen molar-refractivity contribution in [2.75, 3.05) is 19.0 Å². The Morgan fingerprint density at radius 3 is 3.14 bits per heavy atom. The molecule has 21 heavy (non-hydrogen) atoms. The van der Waals surface area contributed by atoms with Crippen molar-refractivity contribution < 1.29 is 9.53 Å². The van der Waals surface area contributed by atoms with E-state index in [0.29, 0.717) is 16.4 Å². The molecule has 1 atom stereocenters. The molecule has 110 valence electrons. The summed E-state index contributed by atoms with van der Waals surface area (Å²) in [6.07, 6.45) is 2.22. The summed E-state index contributed by atoms with van der Waals surface area (Å²) in [6, 6.07) is 7.27. The predicted molar refractivity (Wildman–Crippen MR) is 80.8 cm³/mol. The van der Waals surface area contributed by atoms with Gasteiger partial charge >= 0.3 is 0 Å². The Bertz CT molecular complexity index is 637. The van der Waals surface area contributed by atoms with Gasteiger partial charge in [0.25, 0.3) is 5.91 Å². The summed E-state index contributed by atoms with van der Waals surface area (Å²) in [5, 5.41) is 15.8. The number of methoxy groups -OCH3 is 1. The van der Waals surface area contributed by atoms with Gasteiger partial charge in [0.05, 0.1) is 13.2 Å². The van der Waals surface area contributed by atoms with Gasteiger partial charge in [0.2, 0.25) is 5.13 Å². The molecule has 0 saturated carbocycles. The Kier molecular flexibility index (Phi) is 4.12. The quantitative estimate of drug-likeness (QED) is 0.906. The van der Waals surface area contributed by atoms with Gasteiger partial charge in [-0.15, -0.1) is 10.2 Å². The zero-order valence-corrected chi connectivity index (χ0v) is 12.4. The number of ether oxygens (including phenoxy) is 1. The second-order valence-electron chi connectivity index (χ2n) is 4.78. The maximum absolute atomic E-state index is 12.2. The van der Waals surface area contributed by atoms with Gasteiger partial charge in [-0.3, -0.25) is 10.1 Å². The molecule has 1 unspecified atom stereocenters. The van der Waals surface area contributed by atoms with E-state index in [0.717, 1.165) is 24.4 Å². The average molecular weight is 304 g/mol. The molecule has 2 N–H and O–H groups in total. The highest BCUT2D eigenvalue weighted by molar-refractivity contribution is 7.15. The minimum Gasteiger partial charge on any atom is -0.497 e. The van der Waals surface area contributed by atoms with Gasteiger partial charge in [0.15, 0.2) is 0 Å². The highest BCUT2D eigenvalue weighted by Gasteiger charge is 2.21. The van der Waals surface area contributed by atoms with Crippen molar-refractivity contribution in [1.82, 2.24) is 15.5 Å². The molecule has 7 heteroatoms. The van der Waals surface area contributed by atoms with Crippen LogP contribution < -0.4 is 15.4 Å². The molecule has 0 aliphatic carbocycles. The molecule has 1 aliphatic heterocycles. The first-order chi connectivity index (χ1) is 10.3. The van der Waals surface area contributed by atoms with Crippen LogP contribution in [0.3, 0.4) is 0 Å². The van der Waals surface area contributed by atoms with Crippen LogP contribution in [-0.2, 0) is 0 Å². The third-order valence-electron chi connectivity index (χ3n) is 3.35. The van der Waals surface area contributed by atoms with Gasteiger partial charge in [0, 0.05) is 5.56 Å². The Balaban J connectivity index is 1.69. The molecule has 1 amide bonds. The number of nitrogens with zero attached hydrogens (tertiary/aromatic N) is 2. The molecule has 1 saturated heterocycles. The highest BCUT2D eigenvalue weighted by atomic mass is 32.1. The minimum atomic E-state index is -0.212. The number of benzene rings is 1. The van der Waals surface area contributed by atoms with Crippen molar-refractivity contribution in [3.63, 3.8) is 0 Å². The van der Waals surface area contributed by atoms with Crippen LogP contribution in [0.5, 0.6) is 5.75 Å². The number of rotatable bonds is 4. The van der Waals surface area contributed by atoms with Crippen LogP contribution in [0.2, 0.25) is 0 Å². The summed E-state index contributed by atoms with van der Waals surface area (Å²) in [5.74, 6) is 0.437. The summed E-state index contributed by atoms with van der Waals surface area (Å²) < 4.78 is 5.11. The maximum Gasteiger partial charge on any atom is 0.257 e. The lowest BCUT2D eigenvalue weighted by Crippen LogP contribution is -2.12. The van der Waals surface area contributed by atoms with E-state index in [1.807, 2.05) is 0 Å². The maximum atomic E-state index is 12.2. The van der Waals surface area contributed by atoms with E-state index in [2.05, 4.69) is 20.8 Å². The van der Waals surface area contributed by atoms with E-state index in [4.69, 9.17) is 4.74 Å². The van der Waals surface area contributed by atoms with Gasteiger partial charge < -0.3 is 10.1 Å². The number of carbonyl (C=O) groups is 1. The van der Waals surface area contributed by atoms with E-state index in [1.54, 1.807) is 31.4 Å². The minimum absolute atomic E-state index is 0.212. The third kappa shape index (κ3) is 3.20. The Labute approximate surface area is 126 Å². The Hall–Kier alpha value is -1.99. The first-order valence-electron chi connectivity index (χ1n) is 6.78. The lowest BCUT2D eigenvalue weighted by atomic mass is 10.2. The van der Waals surface area contributed by atoms with Crippen LogP contribution in [0, 0.1) is 0 Å². The van der Waals surface area contributed by atoms with Crippen molar-refractivity contribution in [3.05, 3.63) is 34.8 Å². The van der Waals surface area contributed by atoms with E-state index < -0.39 is 0 Å². The molecule has 0 radical (unpaired) electrons. The lowest BCUT2D eigenvalue weighted by Gasteiger charge is -2.04. The van der Waals surface area contributed by atoms with Crippen molar-refractivity contribution >= 4 is 22.4 Å². The second-order valence-corrected chi connectivity index (χ2v) is 5.79. The first kappa shape index (κ1) is 14.0. The van der Waals surface area contributed by atoms with Crippen LogP contribution in [0.1, 0.15) is 34.2 Å². The number of hydrogen-bond donors (Lipinski definition) is 2. The van der Waals surface area contributed by atoms with Crippen LogP contribution in [0.4, 0.5) is 5.13 Å². The Morgan fingerprint density at radius 2 is 2.38 bits per heavy atom. The Morgan fingerprint density at radius 1 is 1.48 bits per heavy atom. The molecule has 1 aromatic heterocycles. The van der Waals surface area contributed by atoms with Crippen LogP contribution in [0.15, 0.2) is 24.3 Å². The van der Waals surface area contributed by atoms with Crippen LogP contribution in [-0.4, -0.2) is 29.8 Å². The number of nitrogens with one attached hydrogen (secondary N) is 2. The largest absolute Gasteiger partial charge is 0.497 e. The molecule has 0 spiro atoms. The van der Waals surface area contributed by atoms with E-state index >= 15 is 0 Å². The van der Waals surface area contributed by atoms with Crippen molar-refractivity contribution in [2.45, 2.75) is 18.9 Å². The average Bonchev–Trinajstić information content (AvgIpc) is 3.18. The number of amides is 1. The van der Waals surface area contributed by atoms with Crippen molar-refractivity contribution in [1.29, 1.82) is 0 Å². The fourth-order valence-corrected chi connectivity index (χ4v) is 3.10. The summed E-state index contributed by atoms with van der Waals surface area (Å²) in [4.78, 5) is 12.2. The van der Waals surface area contributed by atoms with Gasteiger partial charge in [-0.1, -0.05) is 17.4 Å². The normalized spacial score (nSPS) is 17.7. The third-order valence-corrected chi connectivity index (χ3v) is 4.30. The van der Waals surface area contributed by atoms with Gasteiger partial charge in [-0.2, -0.15) is 0 Å². The molecule has 3 rings (SSSR count). The summed E-state index contributed by atoms with van der Waals surface area (Å²) >= 11 is 1.42. The van der Waals surface area contributed by atoms with E-state index in [-0.39, 0.29) is 11.9 Å². The standard InChI is InChI=1S/C14H16N4O2S/c1-20-10-5-2-4-9(8-10)12(19)16-14-18-17-13(21-14)11-6-3-7-15-11/h2,4-5,8,11,15H,3,6-7H2,1H3,(H,16,18,19). The molecule has 0 bridgehead atoms. The van der Waals surface area contributed by atoms with E-state index in [1.165, 1.54) is 11.3 Å². The number of hydrogen-bond acceptors (Lipinski definition) is 6. The smallest absolute Gasteiger partial charge is 0.257 e. The number of aromatic nitrogens is 2. The highest BCUT2D eigenvalue weighted by Crippen LogP contribution is 2.28. The van der Waals surface area contributed by atoms with Crippen molar-refractivity contribution in [3.8, 4) is 5.75 Å².